The Labute approximate surface area is 128 Å². The predicted molar refractivity (Wildman–Crippen MR) is 84.9 cm³/mol. The van der Waals surface area contributed by atoms with E-state index in [0.29, 0.717) is 0 Å². The van der Waals surface area contributed by atoms with Crippen molar-refractivity contribution in [2.75, 3.05) is 5.75 Å². The first-order chi connectivity index (χ1) is 10.0. The van der Waals surface area contributed by atoms with E-state index in [1.54, 1.807) is 0 Å². The van der Waals surface area contributed by atoms with E-state index >= 15 is 0 Å². The number of rotatable bonds is 4. The molecule has 3 rings (SSSR count). The van der Waals surface area contributed by atoms with Crippen LogP contribution in [0.5, 0.6) is 0 Å². The van der Waals surface area contributed by atoms with Gasteiger partial charge in [0.2, 0.25) is 0 Å². The molecule has 1 heterocycles. The quantitative estimate of drug-likeness (QED) is 0.873. The molecule has 0 bridgehead atoms. The second-order valence-corrected chi connectivity index (χ2v) is 7.00. The Hall–Kier alpha value is -1.49. The number of carboxylic acid groups (broad SMARTS) is 1. The molecule has 1 aliphatic carbocycles. The fourth-order valence-corrected chi connectivity index (χ4v) is 4.18. The van der Waals surface area contributed by atoms with Crippen LogP contribution in [0, 0.1) is 6.92 Å². The first-order valence-corrected chi connectivity index (χ1v) is 8.33. The van der Waals surface area contributed by atoms with Gasteiger partial charge >= 0.3 is 5.97 Å². The SMILES string of the molecule is Cc1cccc2c1nc(SCC(=O)O)n2C1(C)CCCC1. The molecule has 5 heteroatoms. The van der Waals surface area contributed by atoms with Crippen LogP contribution >= 0.6 is 11.8 Å². The van der Waals surface area contributed by atoms with Gasteiger partial charge in [0.25, 0.3) is 0 Å². The van der Waals surface area contributed by atoms with Gasteiger partial charge in [-0.25, -0.2) is 4.98 Å². The van der Waals surface area contributed by atoms with E-state index in [1.165, 1.54) is 24.6 Å². The zero-order valence-corrected chi connectivity index (χ0v) is 13.2. The highest BCUT2D eigenvalue weighted by Crippen LogP contribution is 2.41. The minimum absolute atomic E-state index is 0.0540. The number of para-hydroxylation sites is 1. The monoisotopic (exact) mass is 304 g/mol. The summed E-state index contributed by atoms with van der Waals surface area (Å²) in [5.74, 6) is -0.745. The molecule has 1 N–H and O–H groups in total. The summed E-state index contributed by atoms with van der Waals surface area (Å²) in [6.07, 6.45) is 4.72. The van der Waals surface area contributed by atoms with Gasteiger partial charge in [-0.2, -0.15) is 0 Å². The van der Waals surface area contributed by atoms with E-state index in [4.69, 9.17) is 10.1 Å². The average Bonchev–Trinajstić information content (AvgIpc) is 3.01. The van der Waals surface area contributed by atoms with Crippen molar-refractivity contribution in [1.82, 2.24) is 9.55 Å². The van der Waals surface area contributed by atoms with Crippen molar-refractivity contribution < 1.29 is 9.90 Å². The van der Waals surface area contributed by atoms with E-state index in [1.807, 2.05) is 0 Å². The number of thioether (sulfide) groups is 1. The molecule has 1 aromatic carbocycles. The molecule has 0 spiro atoms. The number of hydrogen-bond acceptors (Lipinski definition) is 3. The summed E-state index contributed by atoms with van der Waals surface area (Å²) < 4.78 is 2.29. The van der Waals surface area contributed by atoms with Crippen molar-refractivity contribution in [3.63, 3.8) is 0 Å². The summed E-state index contributed by atoms with van der Waals surface area (Å²) in [5.41, 5.74) is 3.33. The normalized spacial score (nSPS) is 17.4. The van der Waals surface area contributed by atoms with Gasteiger partial charge in [0.05, 0.1) is 16.8 Å². The highest BCUT2D eigenvalue weighted by atomic mass is 32.2. The summed E-state index contributed by atoms with van der Waals surface area (Å²) in [6.45, 7) is 4.33. The largest absolute Gasteiger partial charge is 0.481 e. The number of aryl methyl sites for hydroxylation is 1. The van der Waals surface area contributed by atoms with Crippen LogP contribution in [0.3, 0.4) is 0 Å². The highest BCUT2D eigenvalue weighted by molar-refractivity contribution is 7.99. The summed E-state index contributed by atoms with van der Waals surface area (Å²) in [4.78, 5) is 15.6. The highest BCUT2D eigenvalue weighted by Gasteiger charge is 2.34. The molecule has 1 fully saturated rings. The van der Waals surface area contributed by atoms with Gasteiger partial charge in [0.1, 0.15) is 0 Å². The number of carboxylic acids is 1. The van der Waals surface area contributed by atoms with E-state index in [0.717, 1.165) is 34.6 Å². The smallest absolute Gasteiger partial charge is 0.313 e. The Balaban J connectivity index is 2.15. The fourth-order valence-electron chi connectivity index (χ4n) is 3.32. The zero-order valence-electron chi connectivity index (χ0n) is 12.4. The Morgan fingerprint density at radius 3 is 2.81 bits per heavy atom. The van der Waals surface area contributed by atoms with Gasteiger partial charge in [0.15, 0.2) is 5.16 Å². The van der Waals surface area contributed by atoms with Gasteiger partial charge in [-0.3, -0.25) is 4.79 Å². The van der Waals surface area contributed by atoms with Crippen molar-refractivity contribution in [3.05, 3.63) is 23.8 Å². The Bertz CT molecular complexity index is 687. The molecular formula is C16H20N2O2S. The average molecular weight is 304 g/mol. The van der Waals surface area contributed by atoms with Crippen molar-refractivity contribution in [3.8, 4) is 0 Å². The van der Waals surface area contributed by atoms with Crippen LogP contribution in [0.2, 0.25) is 0 Å². The number of benzene rings is 1. The lowest BCUT2D eigenvalue weighted by atomic mass is 10.00. The summed E-state index contributed by atoms with van der Waals surface area (Å²) in [5, 5.41) is 9.81. The van der Waals surface area contributed by atoms with Crippen molar-refractivity contribution in [1.29, 1.82) is 0 Å². The second-order valence-electron chi connectivity index (χ2n) is 6.06. The molecule has 1 saturated carbocycles. The number of aliphatic carboxylic acids is 1. The maximum atomic E-state index is 10.9. The first kappa shape index (κ1) is 14.4. The molecule has 1 aromatic heterocycles. The molecule has 0 saturated heterocycles. The third-order valence-electron chi connectivity index (χ3n) is 4.40. The third kappa shape index (κ3) is 2.55. The summed E-state index contributed by atoms with van der Waals surface area (Å²) in [6, 6.07) is 6.21. The number of carbonyl (C=O) groups is 1. The van der Waals surface area contributed by atoms with Crippen LogP contribution in [0.4, 0.5) is 0 Å². The molecule has 0 radical (unpaired) electrons. The third-order valence-corrected chi connectivity index (χ3v) is 5.32. The topological polar surface area (TPSA) is 55.1 Å². The van der Waals surface area contributed by atoms with Crippen molar-refractivity contribution in [2.24, 2.45) is 0 Å². The van der Waals surface area contributed by atoms with Gasteiger partial charge in [-0.15, -0.1) is 0 Å². The maximum Gasteiger partial charge on any atom is 0.313 e. The first-order valence-electron chi connectivity index (χ1n) is 7.34. The number of hydrogen-bond donors (Lipinski definition) is 1. The summed E-state index contributed by atoms with van der Waals surface area (Å²) in [7, 11) is 0. The van der Waals surface area contributed by atoms with Crippen molar-refractivity contribution >= 4 is 28.8 Å². The Morgan fingerprint density at radius 1 is 1.43 bits per heavy atom. The Kier molecular flexibility index (Phi) is 3.69. The number of fused-ring (bicyclic) bond motifs is 1. The minimum Gasteiger partial charge on any atom is -0.481 e. The fraction of sp³-hybridized carbons (Fsp3) is 0.500. The van der Waals surface area contributed by atoms with Gasteiger partial charge in [-0.1, -0.05) is 36.7 Å². The molecule has 112 valence electrons. The maximum absolute atomic E-state index is 10.9. The molecule has 0 amide bonds. The Morgan fingerprint density at radius 2 is 2.14 bits per heavy atom. The van der Waals surface area contributed by atoms with Gasteiger partial charge < -0.3 is 9.67 Å². The lowest BCUT2D eigenvalue weighted by Crippen LogP contribution is -2.27. The molecule has 0 aliphatic heterocycles. The lowest BCUT2D eigenvalue weighted by Gasteiger charge is -2.28. The number of aromatic nitrogens is 2. The second kappa shape index (κ2) is 5.37. The van der Waals surface area contributed by atoms with Crippen LogP contribution in [-0.4, -0.2) is 26.4 Å². The molecule has 0 unspecified atom stereocenters. The van der Waals surface area contributed by atoms with E-state index < -0.39 is 5.97 Å². The minimum atomic E-state index is -0.799. The predicted octanol–water partition coefficient (Wildman–Crippen LogP) is 3.81. The van der Waals surface area contributed by atoms with E-state index in [2.05, 4.69) is 36.6 Å². The van der Waals surface area contributed by atoms with Crippen molar-refractivity contribution in [2.45, 2.75) is 50.2 Å². The number of imidazole rings is 1. The molecule has 0 atom stereocenters. The molecule has 1 aliphatic rings. The van der Waals surface area contributed by atoms with E-state index in [9.17, 15) is 4.79 Å². The summed E-state index contributed by atoms with van der Waals surface area (Å²) >= 11 is 1.33. The van der Waals surface area contributed by atoms with Crippen LogP contribution in [0.1, 0.15) is 38.2 Å². The van der Waals surface area contributed by atoms with Gasteiger partial charge in [0, 0.05) is 5.54 Å². The van der Waals surface area contributed by atoms with Gasteiger partial charge in [-0.05, 0) is 38.3 Å². The number of nitrogens with zero attached hydrogens (tertiary/aromatic N) is 2. The van der Waals surface area contributed by atoms with Crippen LogP contribution < -0.4 is 0 Å². The van der Waals surface area contributed by atoms with Crippen LogP contribution in [0.15, 0.2) is 23.4 Å². The van der Waals surface area contributed by atoms with Crippen LogP contribution in [0.25, 0.3) is 11.0 Å². The molecule has 2 aromatic rings. The molecule has 21 heavy (non-hydrogen) atoms. The standard InChI is InChI=1S/C16H20N2O2S/c1-11-6-5-7-12-14(11)17-15(21-10-13(19)20)18(12)16(2)8-3-4-9-16/h5-7H,3-4,8-10H2,1-2H3,(H,19,20). The molecular weight excluding hydrogens is 284 g/mol. The molecule has 4 nitrogen and oxygen atoms in total. The lowest BCUT2D eigenvalue weighted by molar-refractivity contribution is -0.133. The zero-order chi connectivity index (χ0) is 15.0. The van der Waals surface area contributed by atoms with Crippen LogP contribution in [-0.2, 0) is 10.3 Å². The van der Waals surface area contributed by atoms with E-state index in [-0.39, 0.29) is 11.3 Å².